The van der Waals surface area contributed by atoms with Crippen LogP contribution < -0.4 is 16.0 Å². The van der Waals surface area contributed by atoms with E-state index >= 15 is 0 Å². The highest BCUT2D eigenvalue weighted by Gasteiger charge is 2.41. The molecule has 2 unspecified atom stereocenters. The molecule has 4 N–H and O–H groups in total. The number of morpholine rings is 1. The third kappa shape index (κ3) is 7.41. The second kappa shape index (κ2) is 14.0. The van der Waals surface area contributed by atoms with Crippen LogP contribution in [0.5, 0.6) is 0 Å². The van der Waals surface area contributed by atoms with E-state index in [0.29, 0.717) is 77.2 Å². The number of urea groups is 1. The van der Waals surface area contributed by atoms with Gasteiger partial charge in [-0.15, -0.1) is 0 Å². The largest absolute Gasteiger partial charge is 0.378 e. The van der Waals surface area contributed by atoms with Gasteiger partial charge in [-0.3, -0.25) is 15.0 Å². The van der Waals surface area contributed by atoms with Gasteiger partial charge in [-0.1, -0.05) is 50.3 Å². The van der Waals surface area contributed by atoms with Gasteiger partial charge in [0.05, 0.1) is 19.3 Å². The summed E-state index contributed by atoms with van der Waals surface area (Å²) in [6, 6.07) is 9.59. The summed E-state index contributed by atoms with van der Waals surface area (Å²) < 4.78 is 5.52. The highest BCUT2D eigenvalue weighted by Crippen LogP contribution is 2.30. The fourth-order valence-electron chi connectivity index (χ4n) is 6.45. The van der Waals surface area contributed by atoms with E-state index < -0.39 is 11.6 Å². The Labute approximate surface area is 248 Å². The molecule has 3 heterocycles. The van der Waals surface area contributed by atoms with Gasteiger partial charge in [0.2, 0.25) is 11.9 Å². The average Bonchev–Trinajstić information content (AvgIpc) is 3.62. The molecule has 3 fully saturated rings. The van der Waals surface area contributed by atoms with Crippen LogP contribution in [0.2, 0.25) is 0 Å². The maximum Gasteiger partial charge on any atom is 0.321 e. The molecule has 2 aliphatic heterocycles. The van der Waals surface area contributed by atoms with E-state index in [2.05, 4.69) is 44.0 Å². The number of nitriles is 1. The number of ether oxygens (including phenoxy) is 1. The number of amides is 3. The maximum atomic E-state index is 14.0. The van der Waals surface area contributed by atoms with Gasteiger partial charge >= 0.3 is 6.03 Å². The third-order valence-electron chi connectivity index (χ3n) is 8.73. The number of hydrogen-bond acceptors (Lipinski definition) is 6. The van der Waals surface area contributed by atoms with E-state index in [-0.39, 0.29) is 11.9 Å². The number of nitrogens with one attached hydrogen (secondary N) is 4. The first-order chi connectivity index (χ1) is 20.5. The minimum atomic E-state index is -0.990. The van der Waals surface area contributed by atoms with Crippen molar-refractivity contribution in [3.63, 3.8) is 0 Å². The number of para-hydroxylation sites is 1. The van der Waals surface area contributed by atoms with Crippen LogP contribution in [0.25, 0.3) is 10.9 Å². The summed E-state index contributed by atoms with van der Waals surface area (Å²) in [5, 5.41) is 20.3. The Morgan fingerprint density at radius 1 is 1.19 bits per heavy atom. The molecule has 1 aromatic heterocycles. The van der Waals surface area contributed by atoms with Crippen LogP contribution in [-0.4, -0.2) is 90.2 Å². The normalized spacial score (nSPS) is 23.0. The highest BCUT2D eigenvalue weighted by molar-refractivity contribution is 5.97. The van der Waals surface area contributed by atoms with Gasteiger partial charge in [0.15, 0.2) is 0 Å². The molecule has 0 radical (unpaired) electrons. The number of H-pyrrole nitrogens is 1. The zero-order chi connectivity index (χ0) is 29.4. The molecule has 1 aliphatic carbocycles. The Balaban J connectivity index is 1.33. The summed E-state index contributed by atoms with van der Waals surface area (Å²) >= 11 is 0. The Morgan fingerprint density at radius 3 is 2.74 bits per heavy atom. The Bertz CT molecular complexity index is 1290. The number of carbonyl (C=O) groups is 2. The fraction of sp³-hybridized carbons (Fsp3) is 0.613. The number of fused-ring (bicyclic) bond motifs is 1. The van der Waals surface area contributed by atoms with Gasteiger partial charge < -0.3 is 25.3 Å². The standard InChI is InChI=1S/C31H44N8O3/c1-2-33-30(41)36-29(39-14-16-42-17-15-39)35-27(18-23-8-4-3-5-9-23)28(40)37-31(21-32)12-13-38(22-31)20-24-19-34-26-11-7-6-10-25(24)26/h6-7,10-11,19,23,27,34H,2-5,8-9,12-18,20,22H2,1H3,(H,37,40)(H2,33,35,36,41). The van der Waals surface area contributed by atoms with Crippen LogP contribution >= 0.6 is 0 Å². The summed E-state index contributed by atoms with van der Waals surface area (Å²) in [4.78, 5) is 39.0. The van der Waals surface area contributed by atoms with E-state index in [1.807, 2.05) is 30.2 Å². The second-order valence-electron chi connectivity index (χ2n) is 11.8. The number of aromatic nitrogens is 1. The van der Waals surface area contributed by atoms with Crippen molar-refractivity contribution in [3.8, 4) is 6.07 Å². The predicted molar refractivity (Wildman–Crippen MR) is 162 cm³/mol. The molecule has 42 heavy (non-hydrogen) atoms. The van der Waals surface area contributed by atoms with E-state index in [4.69, 9.17) is 9.73 Å². The number of nitrogens with zero attached hydrogens (tertiary/aromatic N) is 4. The second-order valence-corrected chi connectivity index (χ2v) is 11.8. The Hall–Kier alpha value is -3.62. The molecule has 2 atom stereocenters. The number of carbonyl (C=O) groups excluding carboxylic acids is 2. The van der Waals surface area contributed by atoms with Crippen LogP contribution in [0.1, 0.15) is 57.4 Å². The summed E-state index contributed by atoms with van der Waals surface area (Å²) in [6.07, 6.45) is 8.83. The molecule has 1 saturated carbocycles. The SMILES string of the molecule is CCNC(=O)NC(=NC(CC1CCCCC1)C(=O)NC1(C#N)CCN(Cc2c[nH]c3ccccc23)C1)N1CCOCC1. The quantitative estimate of drug-likeness (QED) is 0.282. The zero-order valence-electron chi connectivity index (χ0n) is 24.7. The summed E-state index contributed by atoms with van der Waals surface area (Å²) in [5.41, 5.74) is 1.28. The lowest BCUT2D eigenvalue weighted by Crippen LogP contribution is -2.54. The van der Waals surface area contributed by atoms with Gasteiger partial charge in [0.25, 0.3) is 0 Å². The van der Waals surface area contributed by atoms with Crippen LogP contribution in [-0.2, 0) is 16.1 Å². The highest BCUT2D eigenvalue weighted by atomic mass is 16.5. The van der Waals surface area contributed by atoms with Crippen molar-refractivity contribution in [1.29, 1.82) is 5.26 Å². The number of likely N-dealkylation sites (tertiary alicyclic amines) is 1. The van der Waals surface area contributed by atoms with Crippen molar-refractivity contribution in [2.45, 2.75) is 70.0 Å². The van der Waals surface area contributed by atoms with E-state index in [1.165, 1.54) is 17.4 Å². The lowest BCUT2D eigenvalue weighted by molar-refractivity contribution is -0.124. The van der Waals surface area contributed by atoms with Crippen LogP contribution in [0, 0.1) is 17.2 Å². The number of aromatic amines is 1. The van der Waals surface area contributed by atoms with Crippen molar-refractivity contribution in [3.05, 3.63) is 36.0 Å². The lowest BCUT2D eigenvalue weighted by atomic mass is 9.84. The number of hydrogen-bond donors (Lipinski definition) is 4. The molecule has 0 bridgehead atoms. The first-order valence-corrected chi connectivity index (χ1v) is 15.4. The number of benzene rings is 1. The summed E-state index contributed by atoms with van der Waals surface area (Å²) in [5.74, 6) is 0.520. The van der Waals surface area contributed by atoms with Crippen LogP contribution in [0.3, 0.4) is 0 Å². The molecular formula is C31H44N8O3. The molecule has 5 rings (SSSR count). The molecule has 0 spiro atoms. The number of aliphatic imine (C=N–C) groups is 1. The monoisotopic (exact) mass is 576 g/mol. The summed E-state index contributed by atoms with van der Waals surface area (Å²) in [7, 11) is 0. The average molecular weight is 577 g/mol. The molecule has 2 saturated heterocycles. The first-order valence-electron chi connectivity index (χ1n) is 15.4. The molecule has 3 amide bonds. The summed E-state index contributed by atoms with van der Waals surface area (Å²) in [6.45, 7) is 6.40. The van der Waals surface area contributed by atoms with Crippen LogP contribution in [0.4, 0.5) is 4.79 Å². The topological polar surface area (TPSA) is 138 Å². The molecule has 11 nitrogen and oxygen atoms in total. The van der Waals surface area contributed by atoms with Gasteiger partial charge in [-0.25, -0.2) is 9.79 Å². The van der Waals surface area contributed by atoms with Crippen molar-refractivity contribution in [1.82, 2.24) is 30.7 Å². The van der Waals surface area contributed by atoms with E-state index in [9.17, 15) is 14.9 Å². The first kappa shape index (κ1) is 29.9. The van der Waals surface area contributed by atoms with E-state index in [1.54, 1.807) is 0 Å². The van der Waals surface area contributed by atoms with Gasteiger partial charge in [-0.2, -0.15) is 5.26 Å². The molecule has 3 aliphatic rings. The molecule has 2 aromatic rings. The minimum absolute atomic E-state index is 0.250. The predicted octanol–water partition coefficient (Wildman–Crippen LogP) is 3.10. The lowest BCUT2D eigenvalue weighted by Gasteiger charge is -2.32. The van der Waals surface area contributed by atoms with Crippen molar-refractivity contribution >= 4 is 28.8 Å². The van der Waals surface area contributed by atoms with E-state index in [0.717, 1.165) is 31.2 Å². The van der Waals surface area contributed by atoms with Crippen molar-refractivity contribution in [2.24, 2.45) is 10.9 Å². The van der Waals surface area contributed by atoms with Crippen molar-refractivity contribution < 1.29 is 14.3 Å². The Kier molecular flexibility index (Phi) is 9.97. The van der Waals surface area contributed by atoms with Gasteiger partial charge in [0.1, 0.15) is 11.6 Å². The Morgan fingerprint density at radius 2 is 1.98 bits per heavy atom. The number of rotatable bonds is 8. The molecule has 11 heteroatoms. The van der Waals surface area contributed by atoms with Gasteiger partial charge in [0, 0.05) is 56.4 Å². The zero-order valence-corrected chi connectivity index (χ0v) is 24.7. The van der Waals surface area contributed by atoms with Crippen molar-refractivity contribution in [2.75, 3.05) is 45.9 Å². The minimum Gasteiger partial charge on any atom is -0.378 e. The van der Waals surface area contributed by atoms with Crippen LogP contribution in [0.15, 0.2) is 35.5 Å². The maximum absolute atomic E-state index is 14.0. The van der Waals surface area contributed by atoms with Gasteiger partial charge in [-0.05, 0) is 37.3 Å². The smallest absolute Gasteiger partial charge is 0.321 e. The molecule has 226 valence electrons. The fourth-order valence-corrected chi connectivity index (χ4v) is 6.45. The number of guanidine groups is 1. The molecule has 1 aromatic carbocycles. The third-order valence-corrected chi connectivity index (χ3v) is 8.73. The molecular weight excluding hydrogens is 532 g/mol.